The van der Waals surface area contributed by atoms with Gasteiger partial charge >= 0.3 is 0 Å². The minimum atomic E-state index is -1.54. The van der Waals surface area contributed by atoms with Crippen molar-refractivity contribution in [2.75, 3.05) is 0 Å². The number of rotatable bonds is 8. The standard InChI is InChI=1S/C40H39N2OSi.C16H18N.Ir/c1-25(2)32-22-28(27-14-9-8-10-15-27)23-33(26(3)4)38(32)42-36-19-12-11-18-35(36)41-40(42)31-17-13-16-30-34-24-29(44(5,6)7)20-21-37(34)43-39(30)31;1-16(2,3)12-13-9-10-17-15(11-13)14-7-5-4-6-8-14;/h8-16,18-26H,1-7H3;4-7,9-11H,12H2,1-3H3;/q2*-1;/i25D,26D;12D2;. The molecule has 0 unspecified atom stereocenters. The van der Waals surface area contributed by atoms with Crippen LogP contribution in [-0.2, 0) is 26.5 Å². The summed E-state index contributed by atoms with van der Waals surface area (Å²) in [5.41, 5.74) is 10.4. The van der Waals surface area contributed by atoms with Crippen LogP contribution in [0.3, 0.4) is 0 Å². The van der Waals surface area contributed by atoms with Gasteiger partial charge < -0.3 is 14.0 Å². The van der Waals surface area contributed by atoms with E-state index in [1.54, 1.807) is 12.3 Å². The van der Waals surface area contributed by atoms with Gasteiger partial charge in [-0.1, -0.05) is 150 Å². The molecule has 0 atom stereocenters. The average molecular weight is 1010 g/mol. The molecule has 62 heavy (non-hydrogen) atoms. The van der Waals surface area contributed by atoms with Crippen molar-refractivity contribution in [3.8, 4) is 39.5 Å². The van der Waals surface area contributed by atoms with Gasteiger partial charge in [0.25, 0.3) is 0 Å². The average Bonchev–Trinajstić information content (AvgIpc) is 3.84. The van der Waals surface area contributed by atoms with Crippen LogP contribution in [0.4, 0.5) is 0 Å². The first-order valence-corrected chi connectivity index (χ1v) is 24.6. The van der Waals surface area contributed by atoms with Crippen LogP contribution in [0, 0.1) is 17.5 Å². The molecule has 0 spiro atoms. The predicted molar refractivity (Wildman–Crippen MR) is 261 cm³/mol. The first-order valence-electron chi connectivity index (χ1n) is 23.1. The molecule has 9 rings (SSSR count). The minimum absolute atomic E-state index is 0. The smallest absolute Gasteiger partial charge is 0.120 e. The summed E-state index contributed by atoms with van der Waals surface area (Å²) in [5, 5.41) is 3.51. The van der Waals surface area contributed by atoms with Gasteiger partial charge in [0.05, 0.1) is 30.5 Å². The fourth-order valence-corrected chi connectivity index (χ4v) is 9.03. The normalized spacial score (nSPS) is 13.5. The Balaban J connectivity index is 0.000000272. The number of hydrogen-bond acceptors (Lipinski definition) is 3. The van der Waals surface area contributed by atoms with Gasteiger partial charge in [0.15, 0.2) is 0 Å². The van der Waals surface area contributed by atoms with Gasteiger partial charge in [-0.15, -0.1) is 54.1 Å². The number of fused-ring (bicyclic) bond motifs is 4. The molecular weight excluding hydrogens is 951 g/mol. The Labute approximate surface area is 388 Å². The van der Waals surface area contributed by atoms with Gasteiger partial charge in [0.2, 0.25) is 0 Å². The van der Waals surface area contributed by atoms with Crippen LogP contribution in [0.15, 0.2) is 144 Å². The van der Waals surface area contributed by atoms with E-state index in [-0.39, 0.29) is 20.1 Å². The van der Waals surface area contributed by atoms with E-state index in [1.165, 1.54) is 5.19 Å². The molecule has 4 nitrogen and oxygen atoms in total. The molecule has 0 aliphatic rings. The Morgan fingerprint density at radius 1 is 0.742 bits per heavy atom. The monoisotopic (exact) mass is 1010 g/mol. The second-order valence-corrected chi connectivity index (χ2v) is 23.4. The quantitative estimate of drug-likeness (QED) is 0.113. The van der Waals surface area contributed by atoms with Crippen molar-refractivity contribution in [1.29, 1.82) is 0 Å². The molecule has 0 N–H and O–H groups in total. The van der Waals surface area contributed by atoms with Crippen LogP contribution in [0.1, 0.15) is 82.4 Å². The van der Waals surface area contributed by atoms with Crippen LogP contribution < -0.4 is 5.19 Å². The number of para-hydroxylation sites is 2. The molecule has 317 valence electrons. The number of nitrogens with zero attached hydrogens (tertiary/aromatic N) is 3. The van der Waals surface area contributed by atoms with Crippen molar-refractivity contribution in [2.45, 2.75) is 86.3 Å². The maximum atomic E-state index is 9.42. The number of imidazole rings is 1. The zero-order chi connectivity index (χ0) is 46.7. The molecule has 0 saturated carbocycles. The number of pyridine rings is 1. The van der Waals surface area contributed by atoms with Crippen LogP contribution in [0.2, 0.25) is 19.6 Å². The van der Waals surface area contributed by atoms with Gasteiger partial charge in [-0.05, 0) is 87.9 Å². The predicted octanol–water partition coefficient (Wildman–Crippen LogP) is 15.0. The van der Waals surface area contributed by atoms with Crippen LogP contribution in [-0.4, -0.2) is 22.6 Å². The van der Waals surface area contributed by atoms with E-state index >= 15 is 0 Å². The van der Waals surface area contributed by atoms with E-state index in [4.69, 9.17) is 12.1 Å². The topological polar surface area (TPSA) is 43.9 Å². The Bertz CT molecular complexity index is 3140. The van der Waals surface area contributed by atoms with Gasteiger partial charge in [0, 0.05) is 42.9 Å². The van der Waals surface area contributed by atoms with Crippen molar-refractivity contribution in [3.63, 3.8) is 0 Å². The van der Waals surface area contributed by atoms with Gasteiger partial charge in [-0.3, -0.25) is 4.98 Å². The third-order valence-corrected chi connectivity index (χ3v) is 12.9. The summed E-state index contributed by atoms with van der Waals surface area (Å²) in [6, 6.07) is 51.0. The maximum absolute atomic E-state index is 9.42. The van der Waals surface area contributed by atoms with Crippen molar-refractivity contribution in [1.82, 2.24) is 14.5 Å². The fourth-order valence-electron chi connectivity index (χ4n) is 7.87. The van der Waals surface area contributed by atoms with E-state index in [2.05, 4.69) is 95.9 Å². The molecule has 3 heterocycles. The maximum Gasteiger partial charge on any atom is 0.120 e. The van der Waals surface area contributed by atoms with E-state index in [1.807, 2.05) is 121 Å². The summed E-state index contributed by atoms with van der Waals surface area (Å²) < 4.78 is 44.2. The van der Waals surface area contributed by atoms with Crippen LogP contribution in [0.5, 0.6) is 0 Å². The molecule has 0 aliphatic carbocycles. The summed E-state index contributed by atoms with van der Waals surface area (Å²) in [7, 11) is -1.54. The summed E-state index contributed by atoms with van der Waals surface area (Å²) in [6.45, 7) is 20.5. The third kappa shape index (κ3) is 9.34. The Kier molecular flexibility index (Phi) is 11.5. The molecule has 1 radical (unpaired) electrons. The fraction of sp³-hybridized carbons (Fsp3) is 0.250. The van der Waals surface area contributed by atoms with E-state index in [9.17, 15) is 2.74 Å². The third-order valence-electron chi connectivity index (χ3n) is 10.9. The number of benzene rings is 6. The van der Waals surface area contributed by atoms with Gasteiger partial charge in [-0.2, -0.15) is 0 Å². The number of furan rings is 1. The molecule has 0 saturated heterocycles. The Hall–Kier alpha value is -5.39. The zero-order valence-corrected chi connectivity index (χ0v) is 40.8. The SMILES string of the molecule is [2H]C(C)(C)c1cc(-c2ccccc2)cc(C([2H])(C)C)c1-n1c(-c2[c-]ccc3c2oc2ccc([Si](C)(C)C)cc23)nc2ccccc21.[2H]C([2H])(c1ccnc(-c2[c-]cccc2)c1)C(C)(C)C.[Ir]. The summed E-state index contributed by atoms with van der Waals surface area (Å²) in [5.74, 6) is -1.28. The van der Waals surface area contributed by atoms with Crippen LogP contribution >= 0.6 is 0 Å². The van der Waals surface area contributed by atoms with E-state index in [0.29, 0.717) is 11.4 Å². The summed E-state index contributed by atoms with van der Waals surface area (Å²) in [4.78, 5) is 9.53. The summed E-state index contributed by atoms with van der Waals surface area (Å²) in [6.07, 6.45) is 0.258. The second-order valence-electron chi connectivity index (χ2n) is 18.3. The molecule has 0 fully saturated rings. The van der Waals surface area contributed by atoms with Crippen molar-refractivity contribution >= 4 is 46.2 Å². The van der Waals surface area contributed by atoms with Crippen molar-refractivity contribution < 1.29 is 30.0 Å². The van der Waals surface area contributed by atoms with Gasteiger partial charge in [0.1, 0.15) is 5.58 Å². The molecular formula is C56H57IrN3OSi-2. The second kappa shape index (κ2) is 18.1. The number of aromatic nitrogens is 3. The zero-order valence-electron chi connectivity index (χ0n) is 41.4. The summed E-state index contributed by atoms with van der Waals surface area (Å²) >= 11 is 0. The largest absolute Gasteiger partial charge is 0.501 e. The molecule has 6 aromatic carbocycles. The number of hydrogen-bond donors (Lipinski definition) is 0. The van der Waals surface area contributed by atoms with Crippen LogP contribution in [0.25, 0.3) is 72.4 Å². The van der Waals surface area contributed by atoms with Crippen molar-refractivity contribution in [2.24, 2.45) is 5.41 Å². The first-order chi connectivity index (χ1) is 30.5. The van der Waals surface area contributed by atoms with Gasteiger partial charge in [-0.25, -0.2) is 0 Å². The molecule has 3 aromatic heterocycles. The molecule has 0 amide bonds. The first kappa shape index (κ1) is 39.5. The Morgan fingerprint density at radius 3 is 2.10 bits per heavy atom. The van der Waals surface area contributed by atoms with E-state index in [0.717, 1.165) is 77.7 Å². The Morgan fingerprint density at radius 2 is 1.44 bits per heavy atom. The van der Waals surface area contributed by atoms with E-state index < -0.39 is 31.6 Å². The molecule has 6 heteroatoms. The minimum Gasteiger partial charge on any atom is -0.501 e. The molecule has 0 bridgehead atoms. The van der Waals surface area contributed by atoms with Crippen molar-refractivity contribution in [3.05, 3.63) is 168 Å². The molecule has 9 aromatic rings. The molecule has 0 aliphatic heterocycles.